The van der Waals surface area contributed by atoms with E-state index in [0.29, 0.717) is 0 Å². The Kier molecular flexibility index (Phi) is 5.28. The fraction of sp³-hybridized carbons (Fsp3) is 0.667. The van der Waals surface area contributed by atoms with Crippen LogP contribution in [0.25, 0.3) is 0 Å². The van der Waals surface area contributed by atoms with Crippen molar-refractivity contribution < 1.29 is 0 Å². The summed E-state index contributed by atoms with van der Waals surface area (Å²) in [6, 6.07) is 9.84. The molecular formula is C18H29N3. The van der Waals surface area contributed by atoms with Crippen LogP contribution in [0.5, 0.6) is 0 Å². The first-order valence-corrected chi connectivity index (χ1v) is 8.54. The van der Waals surface area contributed by atoms with Crippen molar-refractivity contribution in [2.24, 2.45) is 0 Å². The predicted octanol–water partition coefficient (Wildman–Crippen LogP) is 2.47. The monoisotopic (exact) mass is 287 g/mol. The third kappa shape index (κ3) is 4.06. The van der Waals surface area contributed by atoms with Crippen molar-refractivity contribution in [3.05, 3.63) is 35.4 Å². The third-order valence-electron chi connectivity index (χ3n) is 4.93. The number of nitrogens with one attached hydrogen (secondary N) is 1. The average molecular weight is 287 g/mol. The number of hydrogen-bond donors (Lipinski definition) is 1. The van der Waals surface area contributed by atoms with E-state index < -0.39 is 0 Å². The van der Waals surface area contributed by atoms with Crippen LogP contribution in [-0.4, -0.2) is 49.1 Å². The predicted molar refractivity (Wildman–Crippen MR) is 88.3 cm³/mol. The Balaban J connectivity index is 1.53. The molecule has 1 aromatic rings. The molecule has 1 unspecified atom stereocenters. The normalized spacial score (nSPS) is 24.5. The average Bonchev–Trinajstić information content (AvgIpc) is 2.97. The minimum absolute atomic E-state index is 0.811. The lowest BCUT2D eigenvalue weighted by Crippen LogP contribution is -2.40. The first-order chi connectivity index (χ1) is 10.3. The number of piperidine rings is 1. The van der Waals surface area contributed by atoms with E-state index in [1.54, 1.807) is 0 Å². The van der Waals surface area contributed by atoms with Crippen LogP contribution in [0.15, 0.2) is 24.3 Å². The molecule has 2 aliphatic heterocycles. The van der Waals surface area contributed by atoms with E-state index in [-0.39, 0.29) is 0 Å². The first-order valence-electron chi connectivity index (χ1n) is 8.54. The van der Waals surface area contributed by atoms with E-state index in [2.05, 4.69) is 39.4 Å². The smallest absolute Gasteiger partial charge is 0.0235 e. The molecule has 0 spiro atoms. The van der Waals surface area contributed by atoms with Crippen molar-refractivity contribution >= 4 is 0 Å². The van der Waals surface area contributed by atoms with Crippen molar-refractivity contribution in [2.45, 2.75) is 44.8 Å². The largest absolute Gasteiger partial charge is 0.316 e. The van der Waals surface area contributed by atoms with E-state index in [1.165, 1.54) is 63.0 Å². The standard InChI is InChI=1S/C18H29N3/c1-19-13-16-6-5-7-17(12-16)14-20-11-8-18(15-20)21-9-3-2-4-10-21/h5-7,12,18-19H,2-4,8-11,13-15H2,1H3. The van der Waals surface area contributed by atoms with Crippen LogP contribution in [0, 0.1) is 0 Å². The molecule has 2 aliphatic rings. The van der Waals surface area contributed by atoms with Gasteiger partial charge in [0.25, 0.3) is 0 Å². The van der Waals surface area contributed by atoms with Crippen LogP contribution in [0.3, 0.4) is 0 Å². The maximum absolute atomic E-state index is 3.23. The van der Waals surface area contributed by atoms with Crippen molar-refractivity contribution in [3.8, 4) is 0 Å². The Morgan fingerprint density at radius 2 is 1.90 bits per heavy atom. The zero-order valence-electron chi connectivity index (χ0n) is 13.4. The summed E-state index contributed by atoms with van der Waals surface area (Å²) in [6.07, 6.45) is 5.60. The number of benzene rings is 1. The lowest BCUT2D eigenvalue weighted by molar-refractivity contribution is 0.161. The van der Waals surface area contributed by atoms with Crippen LogP contribution in [0.4, 0.5) is 0 Å². The van der Waals surface area contributed by atoms with Gasteiger partial charge in [-0.2, -0.15) is 0 Å². The van der Waals surface area contributed by atoms with Gasteiger partial charge < -0.3 is 5.32 Å². The van der Waals surface area contributed by atoms with Crippen molar-refractivity contribution in [1.82, 2.24) is 15.1 Å². The summed E-state index contributed by atoms with van der Waals surface area (Å²) in [6.45, 7) is 7.26. The van der Waals surface area contributed by atoms with Gasteiger partial charge in [-0.05, 0) is 50.5 Å². The SMILES string of the molecule is CNCc1cccc(CN2CCC(N3CCCCC3)C2)c1. The maximum atomic E-state index is 3.23. The van der Waals surface area contributed by atoms with Crippen LogP contribution < -0.4 is 5.32 Å². The minimum Gasteiger partial charge on any atom is -0.316 e. The molecule has 2 heterocycles. The maximum Gasteiger partial charge on any atom is 0.0235 e. The van der Waals surface area contributed by atoms with Gasteiger partial charge >= 0.3 is 0 Å². The first kappa shape index (κ1) is 15.0. The number of hydrogen-bond acceptors (Lipinski definition) is 3. The molecule has 0 radical (unpaired) electrons. The fourth-order valence-corrected chi connectivity index (χ4v) is 3.84. The summed E-state index contributed by atoms with van der Waals surface area (Å²) < 4.78 is 0. The molecule has 0 amide bonds. The third-order valence-corrected chi connectivity index (χ3v) is 4.93. The van der Waals surface area contributed by atoms with Crippen molar-refractivity contribution in [3.63, 3.8) is 0 Å². The summed E-state index contributed by atoms with van der Waals surface area (Å²) >= 11 is 0. The molecule has 0 aromatic heterocycles. The fourth-order valence-electron chi connectivity index (χ4n) is 3.84. The summed E-state index contributed by atoms with van der Waals surface area (Å²) in [5.74, 6) is 0. The van der Waals surface area contributed by atoms with E-state index in [9.17, 15) is 0 Å². The zero-order chi connectivity index (χ0) is 14.5. The molecule has 1 atom stereocenters. The molecule has 21 heavy (non-hydrogen) atoms. The summed E-state index contributed by atoms with van der Waals surface area (Å²) in [5.41, 5.74) is 2.85. The molecule has 1 N–H and O–H groups in total. The quantitative estimate of drug-likeness (QED) is 0.897. The highest BCUT2D eigenvalue weighted by Crippen LogP contribution is 2.21. The topological polar surface area (TPSA) is 18.5 Å². The van der Waals surface area contributed by atoms with Gasteiger partial charge in [-0.1, -0.05) is 30.7 Å². The van der Waals surface area contributed by atoms with E-state index in [4.69, 9.17) is 0 Å². The van der Waals surface area contributed by atoms with Crippen LogP contribution in [0.1, 0.15) is 36.8 Å². The van der Waals surface area contributed by atoms with Crippen LogP contribution in [0.2, 0.25) is 0 Å². The second kappa shape index (κ2) is 7.39. The molecular weight excluding hydrogens is 258 g/mol. The Bertz CT molecular complexity index is 440. The minimum atomic E-state index is 0.811. The Morgan fingerprint density at radius 1 is 1.10 bits per heavy atom. The summed E-state index contributed by atoms with van der Waals surface area (Å²) in [4.78, 5) is 5.37. The van der Waals surface area contributed by atoms with Gasteiger partial charge in [0.15, 0.2) is 0 Å². The van der Waals surface area contributed by atoms with Gasteiger partial charge in [0.2, 0.25) is 0 Å². The molecule has 0 aliphatic carbocycles. The number of likely N-dealkylation sites (tertiary alicyclic amines) is 2. The highest BCUT2D eigenvalue weighted by atomic mass is 15.3. The molecule has 2 saturated heterocycles. The molecule has 116 valence electrons. The van der Waals surface area contributed by atoms with Crippen molar-refractivity contribution in [1.29, 1.82) is 0 Å². The van der Waals surface area contributed by atoms with Gasteiger partial charge in [0, 0.05) is 32.2 Å². The zero-order valence-corrected chi connectivity index (χ0v) is 13.4. The van der Waals surface area contributed by atoms with E-state index >= 15 is 0 Å². The Labute approximate surface area is 129 Å². The lowest BCUT2D eigenvalue weighted by atomic mass is 10.1. The lowest BCUT2D eigenvalue weighted by Gasteiger charge is -2.32. The van der Waals surface area contributed by atoms with Gasteiger partial charge in [-0.15, -0.1) is 0 Å². The molecule has 2 fully saturated rings. The molecule has 1 aromatic carbocycles. The van der Waals surface area contributed by atoms with E-state index in [1.807, 2.05) is 7.05 Å². The van der Waals surface area contributed by atoms with Gasteiger partial charge in [-0.25, -0.2) is 0 Å². The Hall–Kier alpha value is -0.900. The number of nitrogens with zero attached hydrogens (tertiary/aromatic N) is 2. The highest BCUT2D eigenvalue weighted by molar-refractivity contribution is 5.23. The summed E-state index contributed by atoms with van der Waals surface area (Å²) in [7, 11) is 2.01. The van der Waals surface area contributed by atoms with Crippen LogP contribution >= 0.6 is 0 Å². The van der Waals surface area contributed by atoms with Gasteiger partial charge in [0.1, 0.15) is 0 Å². The second-order valence-electron chi connectivity index (χ2n) is 6.62. The summed E-state index contributed by atoms with van der Waals surface area (Å²) in [5, 5.41) is 3.23. The second-order valence-corrected chi connectivity index (χ2v) is 6.62. The van der Waals surface area contributed by atoms with Gasteiger partial charge in [-0.3, -0.25) is 9.80 Å². The molecule has 3 heteroatoms. The molecule has 3 rings (SSSR count). The molecule has 0 saturated carbocycles. The van der Waals surface area contributed by atoms with Gasteiger partial charge in [0.05, 0.1) is 0 Å². The van der Waals surface area contributed by atoms with E-state index in [0.717, 1.165) is 19.1 Å². The van der Waals surface area contributed by atoms with Crippen LogP contribution in [-0.2, 0) is 13.1 Å². The van der Waals surface area contributed by atoms with Crippen molar-refractivity contribution in [2.75, 3.05) is 33.2 Å². The molecule has 3 nitrogen and oxygen atoms in total. The number of rotatable bonds is 5. The highest BCUT2D eigenvalue weighted by Gasteiger charge is 2.28. The molecule has 0 bridgehead atoms. The Morgan fingerprint density at radius 3 is 2.71 bits per heavy atom.